The van der Waals surface area contributed by atoms with E-state index in [0.717, 1.165) is 17.5 Å². The van der Waals surface area contributed by atoms with Crippen molar-refractivity contribution in [3.05, 3.63) is 72.0 Å². The van der Waals surface area contributed by atoms with Crippen LogP contribution in [0.3, 0.4) is 0 Å². The number of benzene rings is 2. The van der Waals surface area contributed by atoms with Gasteiger partial charge in [0, 0.05) is 11.3 Å². The Morgan fingerprint density at radius 1 is 1.04 bits per heavy atom. The topological polar surface area (TPSA) is 76.1 Å². The van der Waals surface area contributed by atoms with Crippen LogP contribution >= 0.6 is 0 Å². The number of aromatic nitrogens is 2. The summed E-state index contributed by atoms with van der Waals surface area (Å²) in [4.78, 5) is 12.1. The molecule has 0 aliphatic heterocycles. The van der Waals surface area contributed by atoms with Crippen molar-refractivity contribution >= 4 is 23.2 Å². The average molecular weight is 352 g/mol. The zero-order valence-corrected chi connectivity index (χ0v) is 14.1. The standard InChI is InChI=1S/C19H17FN4O2/c1-2-26-16-8-6-15(7-9-16)21-17-10-11-18(24-23-17)22-19(25)13-4-3-5-14(20)12-13/h3-12H,2H2,1H3,(H,21,23)(H,22,24,25). The van der Waals surface area contributed by atoms with Crippen LogP contribution in [-0.2, 0) is 0 Å². The second kappa shape index (κ2) is 8.06. The predicted molar refractivity (Wildman–Crippen MR) is 97.3 cm³/mol. The lowest BCUT2D eigenvalue weighted by molar-refractivity contribution is 0.102. The SMILES string of the molecule is CCOc1ccc(Nc2ccc(NC(=O)c3cccc(F)c3)nn2)cc1. The van der Waals surface area contributed by atoms with Gasteiger partial charge in [0.15, 0.2) is 11.6 Å². The zero-order chi connectivity index (χ0) is 18.4. The van der Waals surface area contributed by atoms with Crippen LogP contribution in [0.25, 0.3) is 0 Å². The van der Waals surface area contributed by atoms with Crippen molar-refractivity contribution in [3.63, 3.8) is 0 Å². The highest BCUT2D eigenvalue weighted by Crippen LogP contribution is 2.19. The van der Waals surface area contributed by atoms with Gasteiger partial charge in [0.05, 0.1) is 6.61 Å². The summed E-state index contributed by atoms with van der Waals surface area (Å²) in [5.74, 6) is 0.665. The first-order valence-electron chi connectivity index (χ1n) is 8.04. The molecule has 1 heterocycles. The van der Waals surface area contributed by atoms with E-state index in [1.807, 2.05) is 31.2 Å². The maximum Gasteiger partial charge on any atom is 0.256 e. The molecule has 0 aliphatic carbocycles. The van der Waals surface area contributed by atoms with Gasteiger partial charge in [-0.2, -0.15) is 0 Å². The van der Waals surface area contributed by atoms with Gasteiger partial charge in [-0.3, -0.25) is 4.79 Å². The van der Waals surface area contributed by atoms with E-state index >= 15 is 0 Å². The van der Waals surface area contributed by atoms with Crippen molar-refractivity contribution in [2.24, 2.45) is 0 Å². The summed E-state index contributed by atoms with van der Waals surface area (Å²) in [5, 5.41) is 13.6. The molecule has 2 aromatic carbocycles. The van der Waals surface area contributed by atoms with Crippen molar-refractivity contribution in [1.29, 1.82) is 0 Å². The molecule has 0 unspecified atom stereocenters. The van der Waals surface area contributed by atoms with E-state index in [4.69, 9.17) is 4.74 Å². The molecule has 6 nitrogen and oxygen atoms in total. The van der Waals surface area contributed by atoms with Gasteiger partial charge in [-0.1, -0.05) is 6.07 Å². The van der Waals surface area contributed by atoms with Crippen molar-refractivity contribution in [2.45, 2.75) is 6.92 Å². The Morgan fingerprint density at radius 3 is 2.42 bits per heavy atom. The number of carbonyl (C=O) groups excluding carboxylic acids is 1. The van der Waals surface area contributed by atoms with Crippen LogP contribution in [-0.4, -0.2) is 22.7 Å². The molecule has 0 aliphatic rings. The van der Waals surface area contributed by atoms with Crippen LogP contribution in [0.1, 0.15) is 17.3 Å². The molecule has 0 bridgehead atoms. The van der Waals surface area contributed by atoms with Gasteiger partial charge in [-0.15, -0.1) is 10.2 Å². The van der Waals surface area contributed by atoms with Gasteiger partial charge >= 0.3 is 0 Å². The van der Waals surface area contributed by atoms with Crippen LogP contribution in [0.2, 0.25) is 0 Å². The van der Waals surface area contributed by atoms with Gasteiger partial charge < -0.3 is 15.4 Å². The van der Waals surface area contributed by atoms with E-state index in [2.05, 4.69) is 20.8 Å². The van der Waals surface area contributed by atoms with Gasteiger partial charge in [-0.05, 0) is 61.5 Å². The minimum Gasteiger partial charge on any atom is -0.494 e. The molecule has 1 aromatic heterocycles. The highest BCUT2D eigenvalue weighted by atomic mass is 19.1. The van der Waals surface area contributed by atoms with Crippen LogP contribution in [0.5, 0.6) is 5.75 Å². The van der Waals surface area contributed by atoms with Crippen molar-refractivity contribution in [3.8, 4) is 5.75 Å². The first-order valence-corrected chi connectivity index (χ1v) is 8.04. The minimum absolute atomic E-state index is 0.211. The fraction of sp³-hybridized carbons (Fsp3) is 0.105. The highest BCUT2D eigenvalue weighted by molar-refractivity contribution is 6.03. The number of carbonyl (C=O) groups is 1. The minimum atomic E-state index is -0.473. The summed E-state index contributed by atoms with van der Waals surface area (Å²) >= 11 is 0. The Labute approximate surface area is 150 Å². The van der Waals surface area contributed by atoms with E-state index in [9.17, 15) is 9.18 Å². The Hall–Kier alpha value is -3.48. The van der Waals surface area contributed by atoms with Crippen LogP contribution in [0.4, 0.5) is 21.7 Å². The third-order valence-corrected chi connectivity index (χ3v) is 3.43. The van der Waals surface area contributed by atoms with Crippen molar-refractivity contribution < 1.29 is 13.9 Å². The number of anilines is 3. The molecule has 0 radical (unpaired) electrons. The summed E-state index contributed by atoms with van der Waals surface area (Å²) < 4.78 is 18.6. The van der Waals surface area contributed by atoms with E-state index in [0.29, 0.717) is 12.4 Å². The molecule has 3 rings (SSSR count). The summed E-state index contributed by atoms with van der Waals surface area (Å²) in [5.41, 5.74) is 1.04. The smallest absolute Gasteiger partial charge is 0.256 e. The third kappa shape index (κ3) is 4.54. The average Bonchev–Trinajstić information content (AvgIpc) is 2.65. The van der Waals surface area contributed by atoms with Crippen molar-refractivity contribution in [1.82, 2.24) is 10.2 Å². The second-order valence-corrected chi connectivity index (χ2v) is 5.35. The molecule has 2 N–H and O–H groups in total. The number of rotatable bonds is 6. The predicted octanol–water partition coefficient (Wildman–Crippen LogP) is 4.01. The monoisotopic (exact) mass is 352 g/mol. The van der Waals surface area contributed by atoms with E-state index in [1.165, 1.54) is 18.2 Å². The number of nitrogens with one attached hydrogen (secondary N) is 2. The lowest BCUT2D eigenvalue weighted by Gasteiger charge is -2.08. The normalized spacial score (nSPS) is 10.2. The largest absolute Gasteiger partial charge is 0.494 e. The highest BCUT2D eigenvalue weighted by Gasteiger charge is 2.08. The first-order chi connectivity index (χ1) is 12.6. The van der Waals surface area contributed by atoms with Crippen LogP contribution in [0.15, 0.2) is 60.7 Å². The summed E-state index contributed by atoms with van der Waals surface area (Å²) in [6.45, 7) is 2.54. The molecule has 0 saturated heterocycles. The van der Waals surface area contributed by atoms with E-state index in [1.54, 1.807) is 12.1 Å². The first kappa shape index (κ1) is 17.3. The summed E-state index contributed by atoms with van der Waals surface area (Å²) in [6, 6.07) is 16.2. The van der Waals surface area contributed by atoms with Gasteiger partial charge in [0.1, 0.15) is 11.6 Å². The fourth-order valence-corrected chi connectivity index (χ4v) is 2.23. The fourth-order valence-electron chi connectivity index (χ4n) is 2.23. The maximum absolute atomic E-state index is 13.2. The van der Waals surface area contributed by atoms with Gasteiger partial charge in [0.25, 0.3) is 5.91 Å². The number of hydrogen-bond donors (Lipinski definition) is 2. The lowest BCUT2D eigenvalue weighted by atomic mass is 10.2. The van der Waals surface area contributed by atoms with Crippen LogP contribution in [0, 0.1) is 5.82 Å². The second-order valence-electron chi connectivity index (χ2n) is 5.35. The molecule has 0 fully saturated rings. The van der Waals surface area contributed by atoms with E-state index < -0.39 is 11.7 Å². The molecule has 0 saturated carbocycles. The quantitative estimate of drug-likeness (QED) is 0.701. The Morgan fingerprint density at radius 2 is 1.77 bits per heavy atom. The third-order valence-electron chi connectivity index (χ3n) is 3.43. The molecule has 3 aromatic rings. The molecular formula is C19H17FN4O2. The Bertz CT molecular complexity index is 883. The Balaban J connectivity index is 1.62. The molecule has 132 valence electrons. The number of halogens is 1. The van der Waals surface area contributed by atoms with Gasteiger partial charge in [0.2, 0.25) is 0 Å². The molecule has 7 heteroatoms. The Kier molecular flexibility index (Phi) is 5.38. The molecule has 1 amide bonds. The number of ether oxygens (including phenoxy) is 1. The molecule has 26 heavy (non-hydrogen) atoms. The summed E-state index contributed by atoms with van der Waals surface area (Å²) in [7, 11) is 0. The van der Waals surface area contributed by atoms with Crippen LogP contribution < -0.4 is 15.4 Å². The maximum atomic E-state index is 13.2. The zero-order valence-electron chi connectivity index (χ0n) is 14.1. The molecular weight excluding hydrogens is 335 g/mol. The molecule has 0 spiro atoms. The number of hydrogen-bond acceptors (Lipinski definition) is 5. The van der Waals surface area contributed by atoms with E-state index in [-0.39, 0.29) is 11.4 Å². The van der Waals surface area contributed by atoms with Gasteiger partial charge in [-0.25, -0.2) is 4.39 Å². The number of nitrogens with zero attached hydrogens (tertiary/aromatic N) is 2. The molecule has 0 atom stereocenters. The van der Waals surface area contributed by atoms with Crippen molar-refractivity contribution in [2.75, 3.05) is 17.2 Å². The lowest BCUT2D eigenvalue weighted by Crippen LogP contribution is -2.13. The summed E-state index contributed by atoms with van der Waals surface area (Å²) in [6.07, 6.45) is 0. The number of amides is 1.